The lowest BCUT2D eigenvalue weighted by Gasteiger charge is -2.09. The van der Waals surface area contributed by atoms with Gasteiger partial charge in [-0.25, -0.2) is 4.79 Å². The van der Waals surface area contributed by atoms with E-state index in [0.29, 0.717) is 12.1 Å². The zero-order chi connectivity index (χ0) is 10.7. The molecule has 0 bridgehead atoms. The summed E-state index contributed by atoms with van der Waals surface area (Å²) in [5, 5.41) is 0. The number of benzene rings is 1. The van der Waals surface area contributed by atoms with Crippen molar-refractivity contribution in [3.8, 4) is 0 Å². The summed E-state index contributed by atoms with van der Waals surface area (Å²) < 4.78 is 4.68. The average Bonchev–Trinajstić information content (AvgIpc) is 2.19. The van der Waals surface area contributed by atoms with Crippen LogP contribution in [0.25, 0.3) is 0 Å². The number of hydrogen-bond acceptors (Lipinski definition) is 3. The molecular formula is C11H15NO2. The minimum Gasteiger partial charge on any atom is -0.465 e. The van der Waals surface area contributed by atoms with Gasteiger partial charge in [-0.05, 0) is 36.6 Å². The van der Waals surface area contributed by atoms with Crippen LogP contribution >= 0.6 is 0 Å². The molecule has 0 spiro atoms. The molecule has 0 saturated carbocycles. The standard InChI is InChI=1S/C11H15NO2/c1-7-5-10(11(13)14-3)8(2)4-9(7)6-12/h4-5H,6,12H2,1-3H3. The first-order valence-corrected chi connectivity index (χ1v) is 4.48. The van der Waals surface area contributed by atoms with Gasteiger partial charge in [-0.3, -0.25) is 0 Å². The van der Waals surface area contributed by atoms with Crippen LogP contribution < -0.4 is 5.73 Å². The van der Waals surface area contributed by atoms with Gasteiger partial charge in [0.05, 0.1) is 12.7 Å². The van der Waals surface area contributed by atoms with Crippen LogP contribution in [-0.2, 0) is 11.3 Å². The molecule has 0 aliphatic rings. The molecule has 3 nitrogen and oxygen atoms in total. The Morgan fingerprint density at radius 3 is 2.50 bits per heavy atom. The van der Waals surface area contributed by atoms with Gasteiger partial charge in [0.1, 0.15) is 0 Å². The summed E-state index contributed by atoms with van der Waals surface area (Å²) >= 11 is 0. The minimum absolute atomic E-state index is 0.297. The molecule has 0 aliphatic heterocycles. The number of esters is 1. The van der Waals surface area contributed by atoms with E-state index in [-0.39, 0.29) is 5.97 Å². The molecule has 76 valence electrons. The Morgan fingerprint density at radius 1 is 1.36 bits per heavy atom. The lowest BCUT2D eigenvalue weighted by Crippen LogP contribution is -2.07. The summed E-state index contributed by atoms with van der Waals surface area (Å²) in [5.41, 5.74) is 9.17. The first-order valence-electron chi connectivity index (χ1n) is 4.48. The largest absolute Gasteiger partial charge is 0.465 e. The van der Waals surface area contributed by atoms with Crippen LogP contribution in [0.2, 0.25) is 0 Å². The van der Waals surface area contributed by atoms with Crippen LogP contribution in [0.3, 0.4) is 0 Å². The summed E-state index contributed by atoms with van der Waals surface area (Å²) in [6, 6.07) is 3.75. The smallest absolute Gasteiger partial charge is 0.338 e. The highest BCUT2D eigenvalue weighted by Gasteiger charge is 2.10. The number of aryl methyl sites for hydroxylation is 2. The molecule has 0 atom stereocenters. The molecule has 1 aromatic carbocycles. The van der Waals surface area contributed by atoms with Gasteiger partial charge in [0, 0.05) is 6.54 Å². The van der Waals surface area contributed by atoms with Crippen LogP contribution in [0.1, 0.15) is 27.0 Å². The topological polar surface area (TPSA) is 52.3 Å². The predicted octanol–water partition coefficient (Wildman–Crippen LogP) is 1.55. The average molecular weight is 193 g/mol. The second-order valence-corrected chi connectivity index (χ2v) is 3.29. The van der Waals surface area contributed by atoms with Crippen molar-refractivity contribution in [2.24, 2.45) is 5.73 Å². The van der Waals surface area contributed by atoms with E-state index in [1.54, 1.807) is 0 Å². The first-order chi connectivity index (χ1) is 6.60. The molecular weight excluding hydrogens is 178 g/mol. The van der Waals surface area contributed by atoms with Gasteiger partial charge >= 0.3 is 5.97 Å². The highest BCUT2D eigenvalue weighted by molar-refractivity contribution is 5.91. The Bertz CT molecular complexity index is 359. The third kappa shape index (κ3) is 1.93. The van der Waals surface area contributed by atoms with E-state index in [1.165, 1.54) is 7.11 Å². The van der Waals surface area contributed by atoms with E-state index in [4.69, 9.17) is 5.73 Å². The summed E-state index contributed by atoms with van der Waals surface area (Å²) in [4.78, 5) is 11.3. The quantitative estimate of drug-likeness (QED) is 0.725. The van der Waals surface area contributed by atoms with Gasteiger partial charge in [0.2, 0.25) is 0 Å². The predicted molar refractivity (Wildman–Crippen MR) is 55.1 cm³/mol. The normalized spacial score (nSPS) is 10.0. The second kappa shape index (κ2) is 4.24. The zero-order valence-corrected chi connectivity index (χ0v) is 8.76. The minimum atomic E-state index is -0.297. The fourth-order valence-electron chi connectivity index (χ4n) is 1.43. The lowest BCUT2D eigenvalue weighted by atomic mass is 10.00. The summed E-state index contributed by atoms with van der Waals surface area (Å²) in [7, 11) is 1.38. The van der Waals surface area contributed by atoms with Crippen molar-refractivity contribution in [2.45, 2.75) is 20.4 Å². The van der Waals surface area contributed by atoms with E-state index in [1.807, 2.05) is 26.0 Å². The maximum Gasteiger partial charge on any atom is 0.338 e. The Kier molecular flexibility index (Phi) is 3.25. The maximum absolute atomic E-state index is 11.3. The number of carbonyl (C=O) groups is 1. The molecule has 2 N–H and O–H groups in total. The molecule has 1 rings (SSSR count). The number of rotatable bonds is 2. The zero-order valence-electron chi connectivity index (χ0n) is 8.76. The van der Waals surface area contributed by atoms with E-state index < -0.39 is 0 Å². The van der Waals surface area contributed by atoms with Crippen molar-refractivity contribution in [1.82, 2.24) is 0 Å². The SMILES string of the molecule is COC(=O)c1cc(C)c(CN)cc1C. The van der Waals surface area contributed by atoms with E-state index in [9.17, 15) is 4.79 Å². The molecule has 14 heavy (non-hydrogen) atoms. The van der Waals surface area contributed by atoms with Gasteiger partial charge in [-0.1, -0.05) is 6.07 Å². The number of hydrogen-bond donors (Lipinski definition) is 1. The van der Waals surface area contributed by atoms with Gasteiger partial charge in [0.15, 0.2) is 0 Å². The lowest BCUT2D eigenvalue weighted by molar-refractivity contribution is 0.0600. The van der Waals surface area contributed by atoms with Crippen molar-refractivity contribution < 1.29 is 9.53 Å². The van der Waals surface area contributed by atoms with Crippen LogP contribution in [0, 0.1) is 13.8 Å². The molecule has 0 heterocycles. The Balaban J connectivity index is 3.21. The van der Waals surface area contributed by atoms with Crippen LogP contribution in [0.5, 0.6) is 0 Å². The summed E-state index contributed by atoms with van der Waals surface area (Å²) in [6.07, 6.45) is 0. The second-order valence-electron chi connectivity index (χ2n) is 3.29. The molecule has 0 aliphatic carbocycles. The molecule has 0 amide bonds. The third-order valence-electron chi connectivity index (χ3n) is 2.31. The Hall–Kier alpha value is -1.35. The Morgan fingerprint density at radius 2 is 2.00 bits per heavy atom. The van der Waals surface area contributed by atoms with Crippen molar-refractivity contribution in [2.75, 3.05) is 7.11 Å². The molecule has 0 radical (unpaired) electrons. The molecule has 1 aromatic rings. The first kappa shape index (κ1) is 10.7. The van der Waals surface area contributed by atoms with E-state index in [0.717, 1.165) is 16.7 Å². The fourth-order valence-corrected chi connectivity index (χ4v) is 1.43. The van der Waals surface area contributed by atoms with E-state index >= 15 is 0 Å². The van der Waals surface area contributed by atoms with Crippen molar-refractivity contribution >= 4 is 5.97 Å². The van der Waals surface area contributed by atoms with Crippen LogP contribution in [0.4, 0.5) is 0 Å². The molecule has 0 saturated heterocycles. The number of carbonyl (C=O) groups excluding carboxylic acids is 1. The maximum atomic E-state index is 11.3. The van der Waals surface area contributed by atoms with Crippen LogP contribution in [0.15, 0.2) is 12.1 Å². The fraction of sp³-hybridized carbons (Fsp3) is 0.364. The molecule has 3 heteroatoms. The van der Waals surface area contributed by atoms with Crippen LogP contribution in [-0.4, -0.2) is 13.1 Å². The van der Waals surface area contributed by atoms with Gasteiger partial charge < -0.3 is 10.5 Å². The van der Waals surface area contributed by atoms with Crippen molar-refractivity contribution in [1.29, 1.82) is 0 Å². The Labute approximate surface area is 83.9 Å². The summed E-state index contributed by atoms with van der Waals surface area (Å²) in [5.74, 6) is -0.297. The molecule has 0 fully saturated rings. The number of ether oxygens (including phenoxy) is 1. The summed E-state index contributed by atoms with van der Waals surface area (Å²) in [6.45, 7) is 4.31. The highest BCUT2D eigenvalue weighted by Crippen LogP contribution is 2.16. The van der Waals surface area contributed by atoms with Crippen molar-refractivity contribution in [3.63, 3.8) is 0 Å². The van der Waals surface area contributed by atoms with E-state index in [2.05, 4.69) is 4.74 Å². The molecule has 0 aromatic heterocycles. The van der Waals surface area contributed by atoms with Gasteiger partial charge in [-0.15, -0.1) is 0 Å². The highest BCUT2D eigenvalue weighted by atomic mass is 16.5. The van der Waals surface area contributed by atoms with Crippen molar-refractivity contribution in [3.05, 3.63) is 34.4 Å². The third-order valence-corrected chi connectivity index (χ3v) is 2.31. The monoisotopic (exact) mass is 193 g/mol. The number of methoxy groups -OCH3 is 1. The number of nitrogens with two attached hydrogens (primary N) is 1. The molecule has 0 unspecified atom stereocenters. The van der Waals surface area contributed by atoms with Gasteiger partial charge in [0.25, 0.3) is 0 Å². The van der Waals surface area contributed by atoms with Gasteiger partial charge in [-0.2, -0.15) is 0 Å².